The molecule has 0 atom stereocenters. The molecular formula is C13H14BrNO5. The summed E-state index contributed by atoms with van der Waals surface area (Å²) in [6.45, 7) is 0.642. The molecule has 1 amide bonds. The molecule has 2 rings (SSSR count). The first-order chi connectivity index (χ1) is 9.52. The molecule has 2 heterocycles. The Balaban J connectivity index is 2.01. The van der Waals surface area contributed by atoms with Gasteiger partial charge in [0.1, 0.15) is 11.3 Å². The smallest absolute Gasteiger partial charge is 0.329 e. The molecule has 1 fully saturated rings. The van der Waals surface area contributed by atoms with E-state index in [0.29, 0.717) is 23.6 Å². The molecule has 1 aliphatic rings. The normalized spacial score (nSPS) is 18.1. The second kappa shape index (κ2) is 6.23. The molecule has 108 valence electrons. The molecule has 20 heavy (non-hydrogen) atoms. The van der Waals surface area contributed by atoms with Crippen molar-refractivity contribution in [2.45, 2.75) is 18.4 Å². The molecule has 1 aliphatic heterocycles. The minimum absolute atomic E-state index is 0.258. The van der Waals surface area contributed by atoms with Gasteiger partial charge in [-0.25, -0.2) is 4.79 Å². The second-order valence-electron chi connectivity index (χ2n) is 4.46. The summed E-state index contributed by atoms with van der Waals surface area (Å²) in [5.41, 5.74) is -1.25. The Hall–Kier alpha value is -1.60. The number of nitrogens with one attached hydrogen (secondary N) is 1. The van der Waals surface area contributed by atoms with Crippen LogP contribution in [0.2, 0.25) is 0 Å². The number of hydrogen-bond donors (Lipinski definition) is 2. The number of furan rings is 1. The molecule has 6 nitrogen and oxygen atoms in total. The van der Waals surface area contributed by atoms with Crippen LogP contribution in [-0.4, -0.2) is 35.7 Å². The van der Waals surface area contributed by atoms with Gasteiger partial charge in [0, 0.05) is 32.1 Å². The third-order valence-electron chi connectivity index (χ3n) is 3.11. The lowest BCUT2D eigenvalue weighted by Crippen LogP contribution is -2.57. The Morgan fingerprint density at radius 3 is 2.60 bits per heavy atom. The Morgan fingerprint density at radius 1 is 1.35 bits per heavy atom. The SMILES string of the molecule is O=C(/C=C/c1ccc(Br)o1)NC1(C(=O)O)CCOCC1. The number of carbonyl (C=O) groups excluding carboxylic acids is 1. The number of carboxylic acid groups (broad SMARTS) is 1. The number of hydrogen-bond acceptors (Lipinski definition) is 4. The fraction of sp³-hybridized carbons (Fsp3) is 0.385. The zero-order chi connectivity index (χ0) is 14.6. The first-order valence-electron chi connectivity index (χ1n) is 6.08. The molecule has 1 aromatic heterocycles. The minimum atomic E-state index is -1.25. The van der Waals surface area contributed by atoms with Gasteiger partial charge in [-0.3, -0.25) is 4.79 Å². The lowest BCUT2D eigenvalue weighted by Gasteiger charge is -2.33. The molecule has 7 heteroatoms. The van der Waals surface area contributed by atoms with Gasteiger partial charge in [0.25, 0.3) is 0 Å². The van der Waals surface area contributed by atoms with Crippen molar-refractivity contribution < 1.29 is 23.8 Å². The summed E-state index contributed by atoms with van der Waals surface area (Å²) in [5.74, 6) is -1.01. The standard InChI is InChI=1S/C13H14BrNO5/c14-10-3-1-9(20-10)2-4-11(16)15-13(12(17)18)5-7-19-8-6-13/h1-4H,5-8H2,(H,15,16)(H,17,18)/b4-2+. The van der Waals surface area contributed by atoms with E-state index in [-0.39, 0.29) is 12.8 Å². The van der Waals surface area contributed by atoms with Crippen molar-refractivity contribution in [3.63, 3.8) is 0 Å². The van der Waals surface area contributed by atoms with E-state index in [4.69, 9.17) is 9.15 Å². The fourth-order valence-electron chi connectivity index (χ4n) is 1.97. The summed E-state index contributed by atoms with van der Waals surface area (Å²) in [4.78, 5) is 23.2. The van der Waals surface area contributed by atoms with E-state index in [2.05, 4.69) is 21.2 Å². The zero-order valence-electron chi connectivity index (χ0n) is 10.6. The van der Waals surface area contributed by atoms with Crippen molar-refractivity contribution in [1.82, 2.24) is 5.32 Å². The lowest BCUT2D eigenvalue weighted by molar-refractivity contribution is -0.151. The third kappa shape index (κ3) is 3.49. The average Bonchev–Trinajstić information content (AvgIpc) is 2.83. The van der Waals surface area contributed by atoms with Gasteiger partial charge in [0.05, 0.1) is 0 Å². The summed E-state index contributed by atoms with van der Waals surface area (Å²) >= 11 is 3.15. The Bertz CT molecular complexity index is 531. The maximum absolute atomic E-state index is 11.8. The van der Waals surface area contributed by atoms with Crippen molar-refractivity contribution in [2.75, 3.05) is 13.2 Å². The van der Waals surface area contributed by atoms with Gasteiger partial charge in [-0.1, -0.05) is 0 Å². The minimum Gasteiger partial charge on any atom is -0.480 e. The molecule has 0 radical (unpaired) electrons. The van der Waals surface area contributed by atoms with E-state index < -0.39 is 17.4 Å². The highest BCUT2D eigenvalue weighted by atomic mass is 79.9. The van der Waals surface area contributed by atoms with E-state index in [1.165, 1.54) is 12.2 Å². The predicted octanol–water partition coefficient (Wildman–Crippen LogP) is 1.81. The van der Waals surface area contributed by atoms with Gasteiger partial charge < -0.3 is 19.6 Å². The van der Waals surface area contributed by atoms with Crippen LogP contribution in [0.1, 0.15) is 18.6 Å². The van der Waals surface area contributed by atoms with Crippen LogP contribution in [-0.2, 0) is 14.3 Å². The van der Waals surface area contributed by atoms with E-state index in [0.717, 1.165) is 0 Å². The van der Waals surface area contributed by atoms with E-state index in [1.54, 1.807) is 12.1 Å². The highest BCUT2D eigenvalue weighted by Gasteiger charge is 2.41. The molecule has 1 saturated heterocycles. The number of aliphatic carboxylic acids is 1. The van der Waals surface area contributed by atoms with Gasteiger partial charge >= 0.3 is 5.97 Å². The van der Waals surface area contributed by atoms with E-state index in [1.807, 2.05) is 0 Å². The van der Waals surface area contributed by atoms with Crippen molar-refractivity contribution in [2.24, 2.45) is 0 Å². The number of halogens is 1. The first kappa shape index (κ1) is 14.8. The number of carbonyl (C=O) groups is 2. The van der Waals surface area contributed by atoms with Gasteiger partial charge in [-0.05, 0) is 34.1 Å². The van der Waals surface area contributed by atoms with Crippen LogP contribution in [0.25, 0.3) is 6.08 Å². The Morgan fingerprint density at radius 2 is 2.05 bits per heavy atom. The molecule has 0 aromatic carbocycles. The Kier molecular flexibility index (Phi) is 4.61. The topological polar surface area (TPSA) is 88.8 Å². The van der Waals surface area contributed by atoms with Crippen LogP contribution >= 0.6 is 15.9 Å². The molecule has 0 saturated carbocycles. The molecule has 0 aliphatic carbocycles. The van der Waals surface area contributed by atoms with Crippen molar-refractivity contribution in [3.05, 3.63) is 28.6 Å². The van der Waals surface area contributed by atoms with Gasteiger partial charge in [0.2, 0.25) is 5.91 Å². The van der Waals surface area contributed by atoms with Crippen LogP contribution in [0.15, 0.2) is 27.3 Å². The monoisotopic (exact) mass is 343 g/mol. The summed E-state index contributed by atoms with van der Waals surface area (Å²) in [5, 5.41) is 11.9. The molecule has 0 unspecified atom stereocenters. The maximum atomic E-state index is 11.8. The maximum Gasteiger partial charge on any atom is 0.329 e. The first-order valence-corrected chi connectivity index (χ1v) is 6.88. The van der Waals surface area contributed by atoms with Gasteiger partial charge in [0.15, 0.2) is 4.67 Å². The van der Waals surface area contributed by atoms with Crippen molar-refractivity contribution in [3.8, 4) is 0 Å². The van der Waals surface area contributed by atoms with Crippen molar-refractivity contribution in [1.29, 1.82) is 0 Å². The number of carboxylic acids is 1. The average molecular weight is 344 g/mol. The predicted molar refractivity (Wildman–Crippen MR) is 74.0 cm³/mol. The summed E-state index contributed by atoms with van der Waals surface area (Å²) < 4.78 is 10.9. The van der Waals surface area contributed by atoms with E-state index >= 15 is 0 Å². The van der Waals surface area contributed by atoms with Crippen LogP contribution in [0.4, 0.5) is 0 Å². The highest BCUT2D eigenvalue weighted by Crippen LogP contribution is 2.21. The zero-order valence-corrected chi connectivity index (χ0v) is 12.2. The van der Waals surface area contributed by atoms with Crippen LogP contribution in [0, 0.1) is 0 Å². The molecule has 2 N–H and O–H groups in total. The Labute approximate surface area is 123 Å². The summed E-state index contributed by atoms with van der Waals surface area (Å²) in [6, 6.07) is 3.39. The van der Waals surface area contributed by atoms with Crippen LogP contribution < -0.4 is 5.32 Å². The lowest BCUT2D eigenvalue weighted by atomic mass is 9.90. The largest absolute Gasteiger partial charge is 0.480 e. The van der Waals surface area contributed by atoms with Crippen LogP contribution in [0.3, 0.4) is 0 Å². The summed E-state index contributed by atoms with van der Waals surface area (Å²) in [7, 11) is 0. The summed E-state index contributed by atoms with van der Waals surface area (Å²) in [6.07, 6.45) is 3.25. The highest BCUT2D eigenvalue weighted by molar-refractivity contribution is 9.10. The number of rotatable bonds is 4. The van der Waals surface area contributed by atoms with E-state index in [9.17, 15) is 14.7 Å². The quantitative estimate of drug-likeness (QED) is 0.814. The van der Waals surface area contributed by atoms with Gasteiger partial charge in [-0.15, -0.1) is 0 Å². The van der Waals surface area contributed by atoms with Crippen molar-refractivity contribution >= 4 is 33.9 Å². The van der Waals surface area contributed by atoms with Crippen LogP contribution in [0.5, 0.6) is 0 Å². The number of amides is 1. The molecule has 0 spiro atoms. The molecule has 1 aromatic rings. The molecular weight excluding hydrogens is 330 g/mol. The third-order valence-corrected chi connectivity index (χ3v) is 3.54. The number of ether oxygens (including phenoxy) is 1. The fourth-order valence-corrected chi connectivity index (χ4v) is 2.28. The van der Waals surface area contributed by atoms with Gasteiger partial charge in [-0.2, -0.15) is 0 Å². The second-order valence-corrected chi connectivity index (χ2v) is 5.25. The molecule has 0 bridgehead atoms.